The monoisotopic (exact) mass is 398 g/mol. The Morgan fingerprint density at radius 2 is 1.90 bits per heavy atom. The predicted octanol–water partition coefficient (Wildman–Crippen LogP) is 3.23. The zero-order chi connectivity index (χ0) is 20.9. The number of pyridine rings is 1. The van der Waals surface area contributed by atoms with Crippen LogP contribution in [0.25, 0.3) is 28.6 Å². The van der Waals surface area contributed by atoms with E-state index in [0.29, 0.717) is 0 Å². The van der Waals surface area contributed by atoms with Crippen LogP contribution < -0.4 is 10.2 Å². The summed E-state index contributed by atoms with van der Waals surface area (Å²) in [7, 11) is 0. The van der Waals surface area contributed by atoms with Crippen molar-refractivity contribution < 1.29 is 9.90 Å². The van der Waals surface area contributed by atoms with E-state index in [9.17, 15) is 4.79 Å². The minimum Gasteiger partial charge on any atom is -0.478 e. The lowest BCUT2D eigenvalue weighted by atomic mass is 10.1. The van der Waals surface area contributed by atoms with Crippen molar-refractivity contribution in [3.8, 4) is 34.9 Å². The second-order valence-corrected chi connectivity index (χ2v) is 7.05. The van der Waals surface area contributed by atoms with E-state index in [-0.39, 0.29) is 0 Å². The third kappa shape index (κ3) is 4.27. The van der Waals surface area contributed by atoms with E-state index in [1.807, 2.05) is 42.5 Å². The van der Waals surface area contributed by atoms with E-state index in [2.05, 4.69) is 26.1 Å². The van der Waals surface area contributed by atoms with Gasteiger partial charge in [-0.3, -0.25) is 4.98 Å². The number of anilines is 1. The lowest BCUT2D eigenvalue weighted by Crippen LogP contribution is -2.44. The Morgan fingerprint density at radius 1 is 1.13 bits per heavy atom. The van der Waals surface area contributed by atoms with Gasteiger partial charge < -0.3 is 20.3 Å². The first kappa shape index (κ1) is 19.5. The van der Waals surface area contributed by atoms with Crippen molar-refractivity contribution in [2.24, 2.45) is 0 Å². The molecule has 4 rings (SSSR count). The van der Waals surface area contributed by atoms with Crippen LogP contribution in [0.1, 0.15) is 11.1 Å². The van der Waals surface area contributed by atoms with Gasteiger partial charge in [-0.2, -0.15) is 0 Å². The Labute approximate surface area is 175 Å². The van der Waals surface area contributed by atoms with Gasteiger partial charge in [0.05, 0.1) is 11.3 Å². The number of carboxylic acids is 1. The number of terminal acetylenes is 1. The lowest BCUT2D eigenvalue weighted by molar-refractivity contribution is -0.131. The molecular formula is C24H22N4O2. The van der Waals surface area contributed by atoms with Crippen LogP contribution in [0.2, 0.25) is 0 Å². The molecule has 1 saturated heterocycles. The van der Waals surface area contributed by atoms with Gasteiger partial charge in [-0.1, -0.05) is 30.2 Å². The molecule has 6 heteroatoms. The molecule has 150 valence electrons. The summed E-state index contributed by atoms with van der Waals surface area (Å²) in [6, 6.07) is 13.6. The standard InChI is InChI=1S/C24H22N4O2/c1-2-18-15-22(27-24(18)28-13-11-25-12-14-28)20-9-10-26-21(16-20)19-6-3-17(4-7-19)5-8-23(29)30/h1,3-10,15-16,25,27H,11-14H2,(H,29,30)/b8-5+. The molecule has 1 aromatic carbocycles. The first-order valence-corrected chi connectivity index (χ1v) is 9.77. The van der Waals surface area contributed by atoms with Crippen molar-refractivity contribution in [2.75, 3.05) is 31.1 Å². The third-order valence-corrected chi connectivity index (χ3v) is 5.08. The van der Waals surface area contributed by atoms with Gasteiger partial charge in [-0.25, -0.2) is 4.79 Å². The minimum absolute atomic E-state index is 0.820. The highest BCUT2D eigenvalue weighted by Gasteiger charge is 2.17. The number of hydrogen-bond donors (Lipinski definition) is 3. The number of rotatable bonds is 5. The summed E-state index contributed by atoms with van der Waals surface area (Å²) in [5.41, 5.74) is 5.44. The molecule has 3 N–H and O–H groups in total. The predicted molar refractivity (Wildman–Crippen MR) is 119 cm³/mol. The maximum absolute atomic E-state index is 10.7. The van der Waals surface area contributed by atoms with Crippen LogP contribution in [0.15, 0.2) is 54.7 Å². The molecule has 1 fully saturated rings. The second-order valence-electron chi connectivity index (χ2n) is 7.05. The first-order valence-electron chi connectivity index (χ1n) is 9.77. The van der Waals surface area contributed by atoms with Gasteiger partial charge in [0.1, 0.15) is 5.82 Å². The lowest BCUT2D eigenvalue weighted by Gasteiger charge is -2.28. The summed E-state index contributed by atoms with van der Waals surface area (Å²) < 4.78 is 0. The van der Waals surface area contributed by atoms with Crippen molar-refractivity contribution in [1.29, 1.82) is 0 Å². The molecule has 0 radical (unpaired) electrons. The van der Waals surface area contributed by atoms with Crippen molar-refractivity contribution in [3.63, 3.8) is 0 Å². The van der Waals surface area contributed by atoms with E-state index in [1.54, 1.807) is 12.3 Å². The average Bonchev–Trinajstić information content (AvgIpc) is 3.23. The Kier molecular flexibility index (Phi) is 5.64. The summed E-state index contributed by atoms with van der Waals surface area (Å²) >= 11 is 0. The van der Waals surface area contributed by atoms with Gasteiger partial charge >= 0.3 is 5.97 Å². The fourth-order valence-electron chi connectivity index (χ4n) is 3.54. The van der Waals surface area contributed by atoms with Gasteiger partial charge in [0.15, 0.2) is 0 Å². The van der Waals surface area contributed by atoms with E-state index in [0.717, 1.165) is 71.7 Å². The SMILES string of the molecule is C#Cc1cc(-c2ccnc(-c3ccc(/C=C/C(=O)O)cc3)c2)[nH]c1N1CCNCC1. The maximum atomic E-state index is 10.7. The molecule has 0 atom stereocenters. The minimum atomic E-state index is -0.967. The van der Waals surface area contributed by atoms with Crippen molar-refractivity contribution in [1.82, 2.24) is 15.3 Å². The number of aromatic amines is 1. The number of benzene rings is 1. The Balaban J connectivity index is 1.61. The number of H-pyrrole nitrogens is 1. The zero-order valence-electron chi connectivity index (χ0n) is 16.4. The molecule has 0 aliphatic carbocycles. The fourth-order valence-corrected chi connectivity index (χ4v) is 3.54. The fraction of sp³-hybridized carbons (Fsp3) is 0.167. The average molecular weight is 398 g/mol. The molecule has 0 unspecified atom stereocenters. The smallest absolute Gasteiger partial charge is 0.328 e. The highest BCUT2D eigenvalue weighted by Crippen LogP contribution is 2.29. The molecule has 0 amide bonds. The van der Waals surface area contributed by atoms with Gasteiger partial charge in [0, 0.05) is 55.3 Å². The summed E-state index contributed by atoms with van der Waals surface area (Å²) in [5.74, 6) is 2.82. The topological polar surface area (TPSA) is 81.2 Å². The number of piperazine rings is 1. The number of aromatic nitrogens is 2. The van der Waals surface area contributed by atoms with Gasteiger partial charge in [0.25, 0.3) is 0 Å². The number of carbonyl (C=O) groups is 1. The normalized spacial score (nSPS) is 14.0. The molecule has 0 saturated carbocycles. The number of aliphatic carboxylic acids is 1. The number of carboxylic acid groups (broad SMARTS) is 1. The quantitative estimate of drug-likeness (QED) is 0.454. The van der Waals surface area contributed by atoms with Crippen LogP contribution in [-0.4, -0.2) is 47.2 Å². The van der Waals surface area contributed by atoms with Crippen LogP contribution in [0.3, 0.4) is 0 Å². The molecular weight excluding hydrogens is 376 g/mol. The molecule has 30 heavy (non-hydrogen) atoms. The molecule has 3 aromatic rings. The van der Waals surface area contributed by atoms with Gasteiger partial charge in [-0.05, 0) is 29.8 Å². The van der Waals surface area contributed by atoms with E-state index >= 15 is 0 Å². The second kappa shape index (κ2) is 8.68. The molecule has 2 aromatic heterocycles. The van der Waals surface area contributed by atoms with Crippen LogP contribution in [0, 0.1) is 12.3 Å². The highest BCUT2D eigenvalue weighted by molar-refractivity contribution is 5.85. The largest absolute Gasteiger partial charge is 0.478 e. The third-order valence-electron chi connectivity index (χ3n) is 5.08. The van der Waals surface area contributed by atoms with Crippen LogP contribution in [-0.2, 0) is 4.79 Å². The Bertz CT molecular complexity index is 1120. The summed E-state index contributed by atoms with van der Waals surface area (Å²) in [4.78, 5) is 20.9. The Hall–Kier alpha value is -3.82. The van der Waals surface area contributed by atoms with E-state index in [1.165, 1.54) is 0 Å². The van der Waals surface area contributed by atoms with Gasteiger partial charge in [0.2, 0.25) is 0 Å². The molecule has 1 aliphatic heterocycles. The van der Waals surface area contributed by atoms with E-state index < -0.39 is 5.97 Å². The van der Waals surface area contributed by atoms with Crippen LogP contribution in [0.5, 0.6) is 0 Å². The maximum Gasteiger partial charge on any atom is 0.328 e. The molecule has 0 spiro atoms. The first-order chi connectivity index (χ1) is 14.6. The highest BCUT2D eigenvalue weighted by atomic mass is 16.4. The molecule has 1 aliphatic rings. The molecule has 6 nitrogen and oxygen atoms in total. The number of nitrogens with one attached hydrogen (secondary N) is 2. The van der Waals surface area contributed by atoms with Crippen molar-refractivity contribution in [3.05, 3.63) is 65.9 Å². The number of hydrogen-bond acceptors (Lipinski definition) is 4. The summed E-state index contributed by atoms with van der Waals surface area (Å²) in [5, 5.41) is 12.1. The summed E-state index contributed by atoms with van der Waals surface area (Å²) in [6.45, 7) is 3.71. The van der Waals surface area contributed by atoms with E-state index in [4.69, 9.17) is 11.5 Å². The number of nitrogens with zero attached hydrogens (tertiary/aromatic N) is 2. The zero-order valence-corrected chi connectivity index (χ0v) is 16.4. The molecule has 0 bridgehead atoms. The van der Waals surface area contributed by atoms with Crippen LogP contribution >= 0.6 is 0 Å². The molecule has 3 heterocycles. The van der Waals surface area contributed by atoms with Gasteiger partial charge in [-0.15, -0.1) is 6.42 Å². The summed E-state index contributed by atoms with van der Waals surface area (Å²) in [6.07, 6.45) is 10.2. The Morgan fingerprint density at radius 3 is 2.60 bits per heavy atom. The van der Waals surface area contributed by atoms with Crippen LogP contribution in [0.4, 0.5) is 5.82 Å². The van der Waals surface area contributed by atoms with Crippen molar-refractivity contribution in [2.45, 2.75) is 0 Å². The van der Waals surface area contributed by atoms with Crippen molar-refractivity contribution >= 4 is 17.9 Å².